The van der Waals surface area contributed by atoms with Crippen LogP contribution in [0.15, 0.2) is 6.07 Å². The summed E-state index contributed by atoms with van der Waals surface area (Å²) in [4.78, 5) is 11.5. The number of ether oxygens (including phenoxy) is 1. The highest BCUT2D eigenvalue weighted by molar-refractivity contribution is 5.35. The number of rotatable bonds is 2. The van der Waals surface area contributed by atoms with E-state index < -0.39 is 0 Å². The Morgan fingerprint density at radius 2 is 2.21 bits per heavy atom. The zero-order valence-electron chi connectivity index (χ0n) is 11.5. The van der Waals surface area contributed by atoms with Crippen molar-refractivity contribution in [2.24, 2.45) is 5.73 Å². The maximum absolute atomic E-state index is 5.90. The molecule has 2 N–H and O–H groups in total. The zero-order valence-corrected chi connectivity index (χ0v) is 11.5. The summed E-state index contributed by atoms with van der Waals surface area (Å²) in [6.45, 7) is 4.13. The number of aromatic nitrogens is 2. The Balaban J connectivity index is 1.89. The number of nitrogens with two attached hydrogens (primary N) is 1. The summed E-state index contributed by atoms with van der Waals surface area (Å²) in [6, 6.07) is 2.40. The molecule has 2 aliphatic rings. The van der Waals surface area contributed by atoms with Crippen molar-refractivity contribution in [3.63, 3.8) is 0 Å². The molecule has 1 aromatic heterocycles. The van der Waals surface area contributed by atoms with E-state index in [0.717, 1.165) is 36.9 Å². The van der Waals surface area contributed by atoms with Crippen LogP contribution in [0.5, 0.6) is 0 Å². The van der Waals surface area contributed by atoms with E-state index in [0.29, 0.717) is 18.7 Å². The predicted molar refractivity (Wildman–Crippen MR) is 74.0 cm³/mol. The Labute approximate surface area is 114 Å². The fourth-order valence-electron chi connectivity index (χ4n) is 3.19. The lowest BCUT2D eigenvalue weighted by Crippen LogP contribution is -2.53. The molecule has 0 radical (unpaired) electrons. The van der Waals surface area contributed by atoms with E-state index >= 15 is 0 Å². The molecule has 0 bridgehead atoms. The molecule has 19 heavy (non-hydrogen) atoms. The van der Waals surface area contributed by atoms with E-state index in [1.165, 1.54) is 19.3 Å². The molecule has 104 valence electrons. The summed E-state index contributed by atoms with van der Waals surface area (Å²) in [5.41, 5.74) is 7.62. The van der Waals surface area contributed by atoms with Gasteiger partial charge in [0.2, 0.25) is 5.95 Å². The van der Waals surface area contributed by atoms with E-state index in [1.807, 2.05) is 13.0 Å². The quantitative estimate of drug-likeness (QED) is 0.872. The lowest BCUT2D eigenvalue weighted by molar-refractivity contribution is -0.00934. The van der Waals surface area contributed by atoms with E-state index in [9.17, 15) is 0 Å². The number of fused-ring (bicyclic) bond motifs is 1. The van der Waals surface area contributed by atoms with Crippen LogP contribution in [-0.2, 0) is 11.3 Å². The van der Waals surface area contributed by atoms with Crippen molar-refractivity contribution < 1.29 is 4.74 Å². The largest absolute Gasteiger partial charge is 0.374 e. The summed E-state index contributed by atoms with van der Waals surface area (Å²) in [6.07, 6.45) is 5.25. The van der Waals surface area contributed by atoms with Gasteiger partial charge in [-0.1, -0.05) is 12.8 Å². The first-order valence-electron chi connectivity index (χ1n) is 7.21. The van der Waals surface area contributed by atoms with Crippen LogP contribution >= 0.6 is 0 Å². The molecule has 2 heterocycles. The van der Waals surface area contributed by atoms with E-state index in [-0.39, 0.29) is 0 Å². The van der Waals surface area contributed by atoms with Gasteiger partial charge in [0, 0.05) is 18.8 Å². The van der Waals surface area contributed by atoms with Crippen LogP contribution in [0.1, 0.15) is 37.1 Å². The van der Waals surface area contributed by atoms with Crippen LogP contribution < -0.4 is 10.6 Å². The average molecular weight is 262 g/mol. The molecule has 2 atom stereocenters. The van der Waals surface area contributed by atoms with Crippen LogP contribution in [0.3, 0.4) is 0 Å². The third-order valence-electron chi connectivity index (χ3n) is 4.09. The summed E-state index contributed by atoms with van der Waals surface area (Å²) in [7, 11) is 0. The number of anilines is 1. The second-order valence-corrected chi connectivity index (χ2v) is 5.46. The van der Waals surface area contributed by atoms with Gasteiger partial charge in [-0.3, -0.25) is 0 Å². The first-order valence-corrected chi connectivity index (χ1v) is 7.21. The molecule has 1 aliphatic heterocycles. The molecule has 0 amide bonds. The van der Waals surface area contributed by atoms with E-state index in [1.54, 1.807) is 0 Å². The van der Waals surface area contributed by atoms with Crippen molar-refractivity contribution in [2.75, 3.05) is 18.1 Å². The van der Waals surface area contributed by atoms with Gasteiger partial charge in [0.05, 0.1) is 24.4 Å². The molecule has 3 rings (SSSR count). The molecular weight excluding hydrogens is 240 g/mol. The van der Waals surface area contributed by atoms with Gasteiger partial charge >= 0.3 is 0 Å². The molecule has 2 unspecified atom stereocenters. The molecule has 0 spiro atoms. The summed E-state index contributed by atoms with van der Waals surface area (Å²) >= 11 is 0. The maximum Gasteiger partial charge on any atom is 0.226 e. The summed E-state index contributed by atoms with van der Waals surface area (Å²) in [5, 5.41) is 0. The topological polar surface area (TPSA) is 64.3 Å². The number of aryl methyl sites for hydroxylation is 1. The van der Waals surface area contributed by atoms with Crippen molar-refractivity contribution in [1.29, 1.82) is 0 Å². The molecule has 1 aromatic rings. The lowest BCUT2D eigenvalue weighted by Gasteiger charge is -2.43. The normalized spacial score (nSPS) is 27.2. The van der Waals surface area contributed by atoms with Crippen molar-refractivity contribution in [1.82, 2.24) is 9.97 Å². The Morgan fingerprint density at radius 3 is 3.05 bits per heavy atom. The third-order valence-corrected chi connectivity index (χ3v) is 4.09. The minimum atomic E-state index is 0.355. The second-order valence-electron chi connectivity index (χ2n) is 5.46. The predicted octanol–water partition coefficient (Wildman–Crippen LogP) is 1.39. The number of hydrogen-bond donors (Lipinski definition) is 1. The Bertz CT molecular complexity index is 449. The van der Waals surface area contributed by atoms with Crippen LogP contribution in [0.2, 0.25) is 0 Å². The van der Waals surface area contributed by atoms with Gasteiger partial charge < -0.3 is 15.4 Å². The average Bonchev–Trinajstić information content (AvgIpc) is 2.46. The van der Waals surface area contributed by atoms with Crippen LogP contribution in [-0.4, -0.2) is 35.3 Å². The molecular formula is C14H22N4O. The van der Waals surface area contributed by atoms with Gasteiger partial charge in [0.15, 0.2) is 0 Å². The minimum absolute atomic E-state index is 0.355. The fourth-order valence-corrected chi connectivity index (χ4v) is 3.19. The first-order chi connectivity index (χ1) is 9.28. The number of hydrogen-bond acceptors (Lipinski definition) is 5. The van der Waals surface area contributed by atoms with Crippen LogP contribution in [0, 0.1) is 6.92 Å². The van der Waals surface area contributed by atoms with Gasteiger partial charge in [-0.15, -0.1) is 0 Å². The molecule has 5 nitrogen and oxygen atoms in total. The van der Waals surface area contributed by atoms with Gasteiger partial charge in [0.25, 0.3) is 0 Å². The fraction of sp³-hybridized carbons (Fsp3) is 0.714. The Morgan fingerprint density at radius 1 is 1.37 bits per heavy atom. The van der Waals surface area contributed by atoms with Gasteiger partial charge in [-0.25, -0.2) is 9.97 Å². The minimum Gasteiger partial charge on any atom is -0.374 e. The second kappa shape index (κ2) is 5.43. The van der Waals surface area contributed by atoms with Crippen molar-refractivity contribution in [3.05, 3.63) is 17.5 Å². The summed E-state index contributed by atoms with van der Waals surface area (Å²) < 4.78 is 5.90. The maximum atomic E-state index is 5.90. The first kappa shape index (κ1) is 12.8. The molecule has 5 heteroatoms. The van der Waals surface area contributed by atoms with Crippen molar-refractivity contribution in [2.45, 2.75) is 51.3 Å². The SMILES string of the molecule is Cc1cc(CN)nc(N2CCOC3CCCCC32)n1. The van der Waals surface area contributed by atoms with Crippen LogP contribution in [0.25, 0.3) is 0 Å². The number of nitrogens with zero attached hydrogens (tertiary/aromatic N) is 3. The Kier molecular flexibility index (Phi) is 3.66. The van der Waals surface area contributed by atoms with E-state index in [2.05, 4.69) is 14.9 Å². The molecule has 1 saturated heterocycles. The summed E-state index contributed by atoms with van der Waals surface area (Å²) in [5.74, 6) is 0.834. The standard InChI is InChI=1S/C14H22N4O/c1-10-8-11(9-15)17-14(16-10)18-6-7-19-13-5-3-2-4-12(13)18/h8,12-13H,2-7,9,15H2,1H3. The van der Waals surface area contributed by atoms with Crippen LogP contribution in [0.4, 0.5) is 5.95 Å². The molecule has 0 aromatic carbocycles. The van der Waals surface area contributed by atoms with Crippen molar-refractivity contribution in [3.8, 4) is 0 Å². The smallest absolute Gasteiger partial charge is 0.226 e. The molecule has 2 fully saturated rings. The van der Waals surface area contributed by atoms with E-state index in [4.69, 9.17) is 10.5 Å². The molecule has 1 aliphatic carbocycles. The van der Waals surface area contributed by atoms with Gasteiger partial charge in [-0.05, 0) is 25.8 Å². The van der Waals surface area contributed by atoms with Crippen molar-refractivity contribution >= 4 is 5.95 Å². The lowest BCUT2D eigenvalue weighted by atomic mass is 9.90. The number of morpholine rings is 1. The van der Waals surface area contributed by atoms with Gasteiger partial charge in [-0.2, -0.15) is 0 Å². The Hall–Kier alpha value is -1.20. The highest BCUT2D eigenvalue weighted by Crippen LogP contribution is 2.30. The molecule has 1 saturated carbocycles. The van der Waals surface area contributed by atoms with Gasteiger partial charge in [0.1, 0.15) is 0 Å². The highest BCUT2D eigenvalue weighted by atomic mass is 16.5. The highest BCUT2D eigenvalue weighted by Gasteiger charge is 2.35. The zero-order chi connectivity index (χ0) is 13.2. The third kappa shape index (κ3) is 2.58. The monoisotopic (exact) mass is 262 g/mol.